The molecule has 0 saturated heterocycles. The molecule has 4 N–H and O–H groups in total. The molecule has 0 rings (SSSR count). The minimum absolute atomic E-state index is 0. The summed E-state index contributed by atoms with van der Waals surface area (Å²) in [4.78, 5) is 20.3. The van der Waals surface area contributed by atoms with E-state index in [2.05, 4.69) is 41.9 Å². The maximum atomic E-state index is 10.2. The third-order valence-corrected chi connectivity index (χ3v) is 8.66. The first-order valence-corrected chi connectivity index (χ1v) is 20.3. The second kappa shape index (κ2) is 44.9. The van der Waals surface area contributed by atoms with E-state index in [1.807, 2.05) is 0 Å². The predicted molar refractivity (Wildman–Crippen MR) is 205 cm³/mol. The summed E-state index contributed by atoms with van der Waals surface area (Å²) in [6, 6.07) is 0. The largest absolute Gasteiger partial charge is 0.550 e. The quantitative estimate of drug-likeness (QED) is 0.0532. The van der Waals surface area contributed by atoms with Gasteiger partial charge in [-0.2, -0.15) is 0 Å². The van der Waals surface area contributed by atoms with Crippen LogP contribution in [0.1, 0.15) is 226 Å². The average Bonchev–Trinajstić information content (AvgIpc) is 3.00. The Bertz CT molecular complexity index is 560. The zero-order valence-corrected chi connectivity index (χ0v) is 33.2. The minimum atomic E-state index is -0.909. The molecule has 0 amide bonds. The van der Waals surface area contributed by atoms with Crippen molar-refractivity contribution in [2.24, 2.45) is 0 Å². The molecule has 0 saturated carbocycles. The van der Waals surface area contributed by atoms with Gasteiger partial charge in [-0.1, -0.05) is 188 Å². The molecular formula is C41H88N2O4. The number of rotatable bonds is 33. The highest BCUT2D eigenvalue weighted by Crippen LogP contribution is 2.13. The van der Waals surface area contributed by atoms with Gasteiger partial charge in [0.25, 0.3) is 0 Å². The smallest absolute Gasteiger partial charge is 0.303 e. The van der Waals surface area contributed by atoms with Gasteiger partial charge in [-0.25, -0.2) is 0 Å². The molecule has 47 heavy (non-hydrogen) atoms. The van der Waals surface area contributed by atoms with E-state index in [0.29, 0.717) is 6.42 Å². The van der Waals surface area contributed by atoms with Gasteiger partial charge in [0, 0.05) is 12.4 Å². The molecule has 0 aromatic heterocycles. The van der Waals surface area contributed by atoms with Gasteiger partial charge in [0.05, 0.1) is 27.7 Å². The number of hydrogen-bond acceptors (Lipinski definition) is 4. The van der Waals surface area contributed by atoms with E-state index in [1.54, 1.807) is 0 Å². The first kappa shape index (κ1) is 52.7. The standard InChI is InChI=1S/C17H38N.2C12H24O2.H3N/c1-5-6-7-8-9-10-11-12-13-14-15-16-17-18(2,3)4;2*1-2-3-4-5-6-7-8-9-10-11-12(13)14;/h5-17H2,1-4H3;2*2-11H2,1H3,(H,13,14);1H3/q+1;;;/p-1. The highest BCUT2D eigenvalue weighted by Gasteiger charge is 2.05. The molecule has 0 bridgehead atoms. The number of quaternary nitrogens is 1. The Morgan fingerprint density at radius 2 is 0.660 bits per heavy atom. The number of carboxylic acids is 2. The SMILES string of the molecule is CCCCCCCCCCCC(=O)O.CCCCCCCCCCCC(=O)[O-].CCCCCCCCCCCCCC[N+](C)(C)C.N. The monoisotopic (exact) mass is 673 g/mol. The van der Waals surface area contributed by atoms with Gasteiger partial charge in [-0.15, -0.1) is 0 Å². The molecule has 0 aliphatic rings. The Morgan fingerprint density at radius 3 is 0.894 bits per heavy atom. The summed E-state index contributed by atoms with van der Waals surface area (Å²) in [5.41, 5.74) is 0. The van der Waals surface area contributed by atoms with Crippen molar-refractivity contribution in [3.8, 4) is 0 Å². The predicted octanol–water partition coefficient (Wildman–Crippen LogP) is 12.2. The van der Waals surface area contributed by atoms with Crippen LogP contribution in [-0.2, 0) is 9.59 Å². The lowest BCUT2D eigenvalue weighted by atomic mass is 10.1. The first-order chi connectivity index (χ1) is 22.1. The van der Waals surface area contributed by atoms with E-state index in [0.717, 1.165) is 30.2 Å². The van der Waals surface area contributed by atoms with E-state index in [-0.39, 0.29) is 12.6 Å². The summed E-state index contributed by atoms with van der Waals surface area (Å²) in [6.45, 7) is 8.07. The molecular weight excluding hydrogens is 584 g/mol. The molecule has 0 unspecified atom stereocenters. The van der Waals surface area contributed by atoms with Crippen LogP contribution in [0.25, 0.3) is 0 Å². The molecule has 0 fully saturated rings. The van der Waals surface area contributed by atoms with Crippen LogP contribution >= 0.6 is 0 Å². The Labute approximate surface area is 295 Å². The number of unbranched alkanes of at least 4 members (excludes halogenated alkanes) is 27. The third kappa shape index (κ3) is 64.1. The molecule has 6 nitrogen and oxygen atoms in total. The van der Waals surface area contributed by atoms with E-state index >= 15 is 0 Å². The van der Waals surface area contributed by atoms with E-state index in [4.69, 9.17) is 5.11 Å². The van der Waals surface area contributed by atoms with Gasteiger partial charge >= 0.3 is 5.97 Å². The Balaban J connectivity index is -0.000000295. The fraction of sp³-hybridized carbons (Fsp3) is 0.951. The third-order valence-electron chi connectivity index (χ3n) is 8.66. The van der Waals surface area contributed by atoms with E-state index in [1.165, 1.54) is 173 Å². The van der Waals surface area contributed by atoms with E-state index in [9.17, 15) is 14.7 Å². The summed E-state index contributed by atoms with van der Waals surface area (Å²) >= 11 is 0. The fourth-order valence-electron chi connectivity index (χ4n) is 5.59. The lowest BCUT2D eigenvalue weighted by Crippen LogP contribution is -2.35. The summed E-state index contributed by atoms with van der Waals surface area (Å²) in [7, 11) is 6.87. The average molecular weight is 673 g/mol. The lowest BCUT2D eigenvalue weighted by molar-refractivity contribution is -0.870. The molecule has 0 heterocycles. The van der Waals surface area contributed by atoms with Crippen molar-refractivity contribution in [3.05, 3.63) is 0 Å². The number of nitrogens with zero attached hydrogens (tertiary/aromatic N) is 1. The van der Waals surface area contributed by atoms with Gasteiger partial charge in [0.2, 0.25) is 0 Å². The lowest BCUT2D eigenvalue weighted by Gasteiger charge is -2.23. The number of aliphatic carboxylic acids is 2. The molecule has 0 radical (unpaired) electrons. The molecule has 0 aromatic carbocycles. The van der Waals surface area contributed by atoms with Crippen molar-refractivity contribution < 1.29 is 24.3 Å². The molecule has 0 spiro atoms. The highest BCUT2D eigenvalue weighted by atomic mass is 16.4. The van der Waals surface area contributed by atoms with Crippen molar-refractivity contribution in [2.45, 2.75) is 226 Å². The first-order valence-electron chi connectivity index (χ1n) is 20.3. The second-order valence-corrected chi connectivity index (χ2v) is 14.8. The molecule has 0 atom stereocenters. The highest BCUT2D eigenvalue weighted by molar-refractivity contribution is 5.66. The summed E-state index contributed by atoms with van der Waals surface area (Å²) < 4.78 is 1.12. The number of carbonyl (C=O) groups excluding carboxylic acids is 1. The van der Waals surface area contributed by atoms with Crippen LogP contribution < -0.4 is 11.3 Å². The van der Waals surface area contributed by atoms with Gasteiger partial charge in [-0.05, 0) is 32.1 Å². The molecule has 0 aromatic rings. The molecule has 6 heteroatoms. The number of carbonyl (C=O) groups is 2. The van der Waals surface area contributed by atoms with Crippen LogP contribution in [-0.4, -0.2) is 49.2 Å². The summed E-state index contributed by atoms with van der Waals surface area (Å²) in [5.74, 6) is -1.57. The van der Waals surface area contributed by atoms with Crippen molar-refractivity contribution in [1.82, 2.24) is 6.15 Å². The maximum absolute atomic E-state index is 10.2. The van der Waals surface area contributed by atoms with Crippen LogP contribution in [0.15, 0.2) is 0 Å². The van der Waals surface area contributed by atoms with Crippen molar-refractivity contribution in [2.75, 3.05) is 27.7 Å². The van der Waals surface area contributed by atoms with Gasteiger partial charge in [-0.3, -0.25) is 4.79 Å². The van der Waals surface area contributed by atoms with Crippen LogP contribution in [0.4, 0.5) is 0 Å². The van der Waals surface area contributed by atoms with Gasteiger partial charge in [0.1, 0.15) is 0 Å². The summed E-state index contributed by atoms with van der Waals surface area (Å²) in [6.07, 6.45) is 40.0. The number of carboxylic acid groups (broad SMARTS) is 2. The Morgan fingerprint density at radius 1 is 0.426 bits per heavy atom. The van der Waals surface area contributed by atoms with Gasteiger partial charge in [0.15, 0.2) is 0 Å². The van der Waals surface area contributed by atoms with Crippen LogP contribution in [0, 0.1) is 0 Å². The van der Waals surface area contributed by atoms with Crippen LogP contribution in [0.5, 0.6) is 0 Å². The zero-order chi connectivity index (χ0) is 35.0. The van der Waals surface area contributed by atoms with Gasteiger partial charge < -0.3 is 25.6 Å². The number of hydrogen-bond donors (Lipinski definition) is 2. The molecule has 286 valence electrons. The minimum Gasteiger partial charge on any atom is -0.550 e. The Hall–Kier alpha value is -1.14. The van der Waals surface area contributed by atoms with Crippen LogP contribution in [0.3, 0.4) is 0 Å². The van der Waals surface area contributed by atoms with E-state index < -0.39 is 11.9 Å². The topological polar surface area (TPSA) is 112 Å². The molecule has 0 aliphatic heterocycles. The molecule has 0 aliphatic carbocycles. The normalized spacial score (nSPS) is 10.8. The zero-order valence-electron chi connectivity index (χ0n) is 33.2. The fourth-order valence-corrected chi connectivity index (χ4v) is 5.59. The van der Waals surface area contributed by atoms with Crippen molar-refractivity contribution in [3.63, 3.8) is 0 Å². The van der Waals surface area contributed by atoms with Crippen LogP contribution in [0.2, 0.25) is 0 Å². The van der Waals surface area contributed by atoms with Crippen molar-refractivity contribution >= 4 is 11.9 Å². The Kier molecular flexibility index (Phi) is 50.3. The van der Waals surface area contributed by atoms with Crippen molar-refractivity contribution in [1.29, 1.82) is 0 Å². The maximum Gasteiger partial charge on any atom is 0.303 e. The summed E-state index contributed by atoms with van der Waals surface area (Å²) in [5, 5.41) is 18.5. The second-order valence-electron chi connectivity index (χ2n) is 14.8.